The number of hydrogen-bond donors (Lipinski definition) is 6. The number of nitrogen functional groups attached to an aromatic ring is 2. The number of nitrogens with zero attached hydrogens (tertiary/aromatic N) is 7. The molecule has 2 unspecified atom stereocenters. The Morgan fingerprint density at radius 1 is 1.10 bits per heavy atom. The Labute approximate surface area is 300 Å². The third-order valence-corrected chi connectivity index (χ3v) is 11.2. The number of alkyl halides is 1. The van der Waals surface area contributed by atoms with E-state index in [1.165, 1.54) is 15.5 Å². The lowest BCUT2D eigenvalue weighted by Crippen LogP contribution is -2.40. The van der Waals surface area contributed by atoms with Crippen molar-refractivity contribution in [3.8, 4) is 0 Å². The maximum Gasteiger partial charge on any atom is 0.508 e. The van der Waals surface area contributed by atoms with Crippen molar-refractivity contribution < 1.29 is 55.7 Å². The second kappa shape index (κ2) is 14.4. The van der Waals surface area contributed by atoms with Gasteiger partial charge >= 0.3 is 19.7 Å². The number of aromatic amines is 1. The van der Waals surface area contributed by atoms with E-state index in [2.05, 4.69) is 47.5 Å². The van der Waals surface area contributed by atoms with Gasteiger partial charge in [-0.05, 0) is 18.9 Å². The van der Waals surface area contributed by atoms with Crippen LogP contribution in [-0.4, -0.2) is 120 Å². The number of halogens is 1. The van der Waals surface area contributed by atoms with Gasteiger partial charge in [0.2, 0.25) is 5.95 Å². The van der Waals surface area contributed by atoms with E-state index in [-0.39, 0.29) is 47.2 Å². The van der Waals surface area contributed by atoms with E-state index in [0.717, 1.165) is 12.7 Å². The molecule has 4 aromatic heterocycles. The zero-order chi connectivity index (χ0) is 36.9. The number of carbonyl (C=O) groups excluding carboxylic acids is 1. The Morgan fingerprint density at radius 3 is 2.56 bits per heavy atom. The fourth-order valence-corrected chi connectivity index (χ4v) is 8.69. The number of aromatic nitrogens is 8. The van der Waals surface area contributed by atoms with Gasteiger partial charge in [0.15, 0.2) is 47.4 Å². The van der Waals surface area contributed by atoms with Crippen LogP contribution in [-0.2, 0) is 53.4 Å². The Hall–Kier alpha value is -3.39. The highest BCUT2D eigenvalue weighted by Gasteiger charge is 2.55. The van der Waals surface area contributed by atoms with Crippen LogP contribution in [0.3, 0.4) is 0 Å². The van der Waals surface area contributed by atoms with Gasteiger partial charge in [0.25, 0.3) is 5.56 Å². The van der Waals surface area contributed by atoms with Crippen molar-refractivity contribution in [1.29, 1.82) is 0 Å². The molecule has 0 aromatic carbocycles. The number of anilines is 2. The standard InChI is InChI=1S/C24H30FN11O12P2S2/c1-28-2-3-41-24(38)46-16-15-10(45-22(16)36-8-32-13-19(36)33-23(27)34-20(13)37)5-43-49(39,51)47-14-9(4-42-50(40,52)48-15)44-21(11(14)25)35-7-31-12-17(26)29-6-30-18(12)35/h6-11,14-16,21-22,28H,2-5H2,1H3,(H,39,51)(H,40,52)(H2,26,29,30)(H3,27,33,34,37)/t9-,10-,11-,14-,15-,16-,21-,22-,49?,50?/m1/s1. The molecule has 7 N–H and O–H groups in total. The molecular weight excluding hydrogens is 779 g/mol. The average Bonchev–Trinajstić information content (AvgIpc) is 3.84. The van der Waals surface area contributed by atoms with Crippen molar-refractivity contribution >= 4 is 77.8 Å². The maximum absolute atomic E-state index is 16.2. The summed E-state index contributed by atoms with van der Waals surface area (Å²) in [7, 11) is 1.64. The number of nitrogens with two attached hydrogens (primary N) is 2. The number of imidazole rings is 2. The van der Waals surface area contributed by atoms with E-state index in [1.54, 1.807) is 7.05 Å². The van der Waals surface area contributed by atoms with Crippen LogP contribution in [0.4, 0.5) is 21.0 Å². The highest BCUT2D eigenvalue weighted by Crippen LogP contribution is 2.58. The van der Waals surface area contributed by atoms with Crippen LogP contribution < -0.4 is 22.3 Å². The number of hydrogen-bond acceptors (Lipinski definition) is 20. The summed E-state index contributed by atoms with van der Waals surface area (Å²) in [5.41, 5.74) is 11.0. The number of ether oxygens (including phenoxy) is 4. The summed E-state index contributed by atoms with van der Waals surface area (Å²) in [6.07, 6.45) is -10.1. The predicted octanol–water partition coefficient (Wildman–Crippen LogP) is 0.0699. The lowest BCUT2D eigenvalue weighted by atomic mass is 10.1. The number of rotatable bonds is 6. The molecule has 3 fully saturated rings. The normalized spacial score (nSPS) is 34.0. The first-order valence-electron chi connectivity index (χ1n) is 15.1. The molecule has 0 bridgehead atoms. The molecule has 28 heteroatoms. The first-order chi connectivity index (χ1) is 24.7. The molecule has 282 valence electrons. The number of fused-ring (bicyclic) bond motifs is 4. The second-order valence-electron chi connectivity index (χ2n) is 11.4. The summed E-state index contributed by atoms with van der Waals surface area (Å²) in [6.45, 7) is -10.0. The number of H-pyrrole nitrogens is 1. The molecule has 0 amide bonds. The predicted molar refractivity (Wildman–Crippen MR) is 180 cm³/mol. The smallest absolute Gasteiger partial charge is 0.433 e. The van der Waals surface area contributed by atoms with Crippen molar-refractivity contribution in [3.63, 3.8) is 0 Å². The third kappa shape index (κ3) is 7.25. The minimum atomic E-state index is -4.48. The summed E-state index contributed by atoms with van der Waals surface area (Å²) in [5.74, 6) is -0.229. The summed E-state index contributed by atoms with van der Waals surface area (Å²) in [4.78, 5) is 59.3. The summed E-state index contributed by atoms with van der Waals surface area (Å²) in [6, 6.07) is 0. The Balaban J connectivity index is 1.20. The number of nitrogens with one attached hydrogen (secondary N) is 2. The molecule has 23 nitrogen and oxygen atoms in total. The molecule has 0 saturated carbocycles. The van der Waals surface area contributed by atoms with Crippen molar-refractivity contribution in [2.75, 3.05) is 44.9 Å². The molecule has 0 aliphatic carbocycles. The molecule has 52 heavy (non-hydrogen) atoms. The van der Waals surface area contributed by atoms with E-state index >= 15 is 4.39 Å². The summed E-state index contributed by atoms with van der Waals surface area (Å²) < 4.78 is 77.7. The zero-order valence-electron chi connectivity index (χ0n) is 26.5. The first kappa shape index (κ1) is 36.9. The maximum atomic E-state index is 16.2. The number of carbonyl (C=O) groups is 1. The average molecular weight is 810 g/mol. The molecule has 0 radical (unpaired) electrons. The molecule has 7 rings (SSSR count). The lowest BCUT2D eigenvalue weighted by Gasteiger charge is -2.30. The number of thiol groups is 1. The summed E-state index contributed by atoms with van der Waals surface area (Å²) >= 11 is 9.38. The van der Waals surface area contributed by atoms with Crippen LogP contribution >= 0.6 is 25.8 Å². The van der Waals surface area contributed by atoms with Gasteiger partial charge in [-0.15, -0.1) is 0 Å². The minimum absolute atomic E-state index is 0.0356. The van der Waals surface area contributed by atoms with Gasteiger partial charge in [-0.25, -0.2) is 33.7 Å². The minimum Gasteiger partial charge on any atom is -0.433 e. The van der Waals surface area contributed by atoms with Crippen molar-refractivity contribution in [2.24, 2.45) is 0 Å². The van der Waals surface area contributed by atoms with Gasteiger partial charge in [0, 0.05) is 6.54 Å². The van der Waals surface area contributed by atoms with Crippen LogP contribution in [0.2, 0.25) is 0 Å². The van der Waals surface area contributed by atoms with E-state index in [9.17, 15) is 19.0 Å². The van der Waals surface area contributed by atoms with Gasteiger partial charge in [-0.3, -0.25) is 32.5 Å². The highest BCUT2D eigenvalue weighted by molar-refractivity contribution is 8.44. The molecule has 10 atom stereocenters. The molecule has 0 spiro atoms. The van der Waals surface area contributed by atoms with Gasteiger partial charge < -0.3 is 45.1 Å². The largest absolute Gasteiger partial charge is 0.508 e. The topological polar surface area (TPSA) is 299 Å². The van der Waals surface area contributed by atoms with Crippen molar-refractivity contribution in [3.05, 3.63) is 29.3 Å². The van der Waals surface area contributed by atoms with E-state index in [4.69, 9.17) is 60.3 Å². The SMILES string of the molecule is CNCCOC(=O)O[C@@H]1[C@@H]2OP(O)(=S)OC[C@H]3O[C@@H](n4cnc5c(N)ncnc54)[C@H](F)[C@@H]3OP(=O)(S)OC[C@H]2O[C@H]1n1cnc2c(=O)[nH]c(N)nc21. The van der Waals surface area contributed by atoms with E-state index in [1.807, 2.05) is 0 Å². The van der Waals surface area contributed by atoms with Crippen molar-refractivity contribution in [2.45, 2.75) is 49.1 Å². The van der Waals surface area contributed by atoms with Crippen LogP contribution in [0.5, 0.6) is 0 Å². The molecule has 3 aliphatic rings. The fraction of sp³-hybridized carbons (Fsp3) is 0.542. The third-order valence-electron chi connectivity index (χ3n) is 8.06. The first-order valence-corrected chi connectivity index (χ1v) is 20.4. The van der Waals surface area contributed by atoms with Crippen molar-refractivity contribution in [1.82, 2.24) is 44.4 Å². The molecule has 3 aliphatic heterocycles. The van der Waals surface area contributed by atoms with Gasteiger partial charge in [0.05, 0.1) is 25.9 Å². The highest BCUT2D eigenvalue weighted by atomic mass is 32.7. The monoisotopic (exact) mass is 809 g/mol. The number of likely N-dealkylation sites (N-methyl/N-ethyl adjacent to an activating group) is 1. The molecule has 4 aromatic rings. The zero-order valence-corrected chi connectivity index (χ0v) is 30.0. The quantitative estimate of drug-likeness (QED) is 0.0650. The van der Waals surface area contributed by atoms with E-state index in [0.29, 0.717) is 0 Å². The van der Waals surface area contributed by atoms with Crippen LogP contribution in [0.1, 0.15) is 12.5 Å². The van der Waals surface area contributed by atoms with E-state index < -0.39 is 87.6 Å². The summed E-state index contributed by atoms with van der Waals surface area (Å²) in [5, 5.41) is 2.80. The fourth-order valence-electron chi connectivity index (χ4n) is 5.77. The van der Waals surface area contributed by atoms with Gasteiger partial charge in [0.1, 0.15) is 42.9 Å². The Bertz CT molecular complexity index is 2140. The Kier molecular flexibility index (Phi) is 10.3. The Morgan fingerprint density at radius 2 is 1.79 bits per heavy atom. The van der Waals surface area contributed by atoms with Gasteiger partial charge in [-0.1, -0.05) is 12.2 Å². The van der Waals surface area contributed by atoms with Crippen LogP contribution in [0, 0.1) is 0 Å². The molecule has 3 saturated heterocycles. The van der Waals surface area contributed by atoms with Crippen LogP contribution in [0.15, 0.2) is 23.8 Å². The van der Waals surface area contributed by atoms with Gasteiger partial charge in [-0.2, -0.15) is 4.98 Å². The second-order valence-corrected chi connectivity index (χ2v) is 17.1. The molecular formula is C24H30FN11O12P2S2. The molecule has 7 heterocycles. The van der Waals surface area contributed by atoms with Crippen LogP contribution in [0.25, 0.3) is 22.3 Å². The lowest BCUT2D eigenvalue weighted by molar-refractivity contribution is -0.0620.